The topological polar surface area (TPSA) is 113 Å². The van der Waals surface area contributed by atoms with Gasteiger partial charge in [0.2, 0.25) is 10.0 Å². The quantitative estimate of drug-likeness (QED) is 0.653. The monoisotopic (exact) mass is 374 g/mol. The molecule has 0 aliphatic heterocycles. The number of nitrogens with one attached hydrogen (secondary N) is 2. The lowest BCUT2D eigenvalue weighted by atomic mass is 10.1. The lowest BCUT2D eigenvalue weighted by molar-refractivity contribution is 0.0696. The highest BCUT2D eigenvalue weighted by Gasteiger charge is 2.08. The zero-order valence-electron chi connectivity index (χ0n) is 13.8. The van der Waals surface area contributed by atoms with Crippen LogP contribution in [0.4, 0.5) is 0 Å². The summed E-state index contributed by atoms with van der Waals surface area (Å²) in [4.78, 5) is 22.9. The van der Waals surface area contributed by atoms with E-state index in [1.165, 1.54) is 12.1 Å². The molecule has 0 radical (unpaired) electrons. The number of amides is 1. The van der Waals surface area contributed by atoms with E-state index in [0.717, 1.165) is 11.0 Å². The molecule has 7 nitrogen and oxygen atoms in total. The number of benzene rings is 2. The van der Waals surface area contributed by atoms with Crippen molar-refractivity contribution < 1.29 is 23.1 Å². The van der Waals surface area contributed by atoms with E-state index in [0.29, 0.717) is 11.1 Å². The van der Waals surface area contributed by atoms with Crippen LogP contribution in [0.15, 0.2) is 60.5 Å². The Kier molecular flexibility index (Phi) is 6.26. The van der Waals surface area contributed by atoms with Crippen LogP contribution in [0.25, 0.3) is 0 Å². The molecule has 2 rings (SSSR count). The van der Waals surface area contributed by atoms with Gasteiger partial charge in [-0.05, 0) is 35.4 Å². The largest absolute Gasteiger partial charge is 0.478 e. The highest BCUT2D eigenvalue weighted by molar-refractivity contribution is 7.92. The van der Waals surface area contributed by atoms with Gasteiger partial charge in [-0.15, -0.1) is 0 Å². The van der Waals surface area contributed by atoms with Gasteiger partial charge in [0, 0.05) is 24.1 Å². The molecule has 0 heterocycles. The van der Waals surface area contributed by atoms with Gasteiger partial charge >= 0.3 is 5.97 Å². The van der Waals surface area contributed by atoms with Gasteiger partial charge in [-0.1, -0.05) is 30.8 Å². The molecule has 0 saturated heterocycles. The predicted octanol–water partition coefficient (Wildman–Crippen LogP) is 1.88. The van der Waals surface area contributed by atoms with Crippen LogP contribution in [-0.2, 0) is 23.1 Å². The molecule has 0 spiro atoms. The van der Waals surface area contributed by atoms with E-state index in [9.17, 15) is 18.0 Å². The van der Waals surface area contributed by atoms with Gasteiger partial charge in [0.05, 0.1) is 5.56 Å². The Morgan fingerprint density at radius 1 is 0.923 bits per heavy atom. The Morgan fingerprint density at radius 3 is 1.92 bits per heavy atom. The molecule has 8 heteroatoms. The van der Waals surface area contributed by atoms with Gasteiger partial charge in [-0.2, -0.15) is 0 Å². The van der Waals surface area contributed by atoms with Crippen LogP contribution < -0.4 is 10.0 Å². The Bertz CT molecular complexity index is 904. The SMILES string of the molecule is C=CS(=O)(=O)NCc1ccc(C(=O)NCc2ccc(C(=O)O)cc2)cc1. The van der Waals surface area contributed by atoms with Crippen LogP contribution in [0.1, 0.15) is 31.8 Å². The van der Waals surface area contributed by atoms with Crippen molar-refractivity contribution in [3.63, 3.8) is 0 Å². The normalized spacial score (nSPS) is 10.9. The fourth-order valence-electron chi connectivity index (χ4n) is 2.07. The molecule has 2 aromatic carbocycles. The van der Waals surface area contributed by atoms with E-state index < -0.39 is 16.0 Å². The first-order valence-electron chi connectivity index (χ1n) is 7.62. The number of carbonyl (C=O) groups is 2. The summed E-state index contributed by atoms with van der Waals surface area (Å²) >= 11 is 0. The summed E-state index contributed by atoms with van der Waals surface area (Å²) in [5.74, 6) is -1.29. The van der Waals surface area contributed by atoms with E-state index in [1.807, 2.05) is 0 Å². The van der Waals surface area contributed by atoms with Gasteiger partial charge in [0.15, 0.2) is 0 Å². The van der Waals surface area contributed by atoms with Crippen LogP contribution in [0.3, 0.4) is 0 Å². The predicted molar refractivity (Wildman–Crippen MR) is 97.0 cm³/mol. The smallest absolute Gasteiger partial charge is 0.335 e. The molecule has 0 aliphatic rings. The number of carboxylic acids is 1. The van der Waals surface area contributed by atoms with E-state index in [1.54, 1.807) is 36.4 Å². The van der Waals surface area contributed by atoms with Crippen LogP contribution in [0, 0.1) is 0 Å². The highest BCUT2D eigenvalue weighted by atomic mass is 32.2. The zero-order valence-corrected chi connectivity index (χ0v) is 14.6. The summed E-state index contributed by atoms with van der Waals surface area (Å²) in [5.41, 5.74) is 2.10. The summed E-state index contributed by atoms with van der Waals surface area (Å²) in [6.45, 7) is 3.58. The number of sulfonamides is 1. The fraction of sp³-hybridized carbons (Fsp3) is 0.111. The summed E-state index contributed by atoms with van der Waals surface area (Å²) in [6, 6.07) is 12.7. The van der Waals surface area contributed by atoms with Gasteiger partial charge in [-0.25, -0.2) is 17.9 Å². The molecule has 0 unspecified atom stereocenters. The van der Waals surface area contributed by atoms with Crippen LogP contribution in [0.5, 0.6) is 0 Å². The maximum atomic E-state index is 12.1. The summed E-state index contributed by atoms with van der Waals surface area (Å²) in [5, 5.41) is 12.4. The van der Waals surface area contributed by atoms with E-state index in [4.69, 9.17) is 5.11 Å². The van der Waals surface area contributed by atoms with Gasteiger partial charge in [-0.3, -0.25) is 4.79 Å². The average molecular weight is 374 g/mol. The van der Waals surface area contributed by atoms with Crippen molar-refractivity contribution in [2.24, 2.45) is 0 Å². The van der Waals surface area contributed by atoms with Crippen molar-refractivity contribution in [3.05, 3.63) is 82.8 Å². The number of aromatic carboxylic acids is 1. The molecule has 26 heavy (non-hydrogen) atoms. The van der Waals surface area contributed by atoms with Crippen molar-refractivity contribution in [1.29, 1.82) is 0 Å². The van der Waals surface area contributed by atoms with E-state index in [-0.39, 0.29) is 24.6 Å². The van der Waals surface area contributed by atoms with Gasteiger partial charge < -0.3 is 10.4 Å². The molecule has 0 aliphatic carbocycles. The lowest BCUT2D eigenvalue weighted by Gasteiger charge is -2.07. The zero-order chi connectivity index (χ0) is 19.2. The second kappa shape index (κ2) is 8.41. The Labute approximate surface area is 151 Å². The second-order valence-electron chi connectivity index (χ2n) is 5.41. The number of hydrogen-bond acceptors (Lipinski definition) is 4. The fourth-order valence-corrected chi connectivity index (χ4v) is 2.55. The average Bonchev–Trinajstić information content (AvgIpc) is 2.65. The minimum absolute atomic E-state index is 0.103. The first-order chi connectivity index (χ1) is 12.3. The third kappa shape index (κ3) is 5.54. The van der Waals surface area contributed by atoms with E-state index in [2.05, 4.69) is 16.6 Å². The van der Waals surface area contributed by atoms with Crippen molar-refractivity contribution in [2.45, 2.75) is 13.1 Å². The molecule has 3 N–H and O–H groups in total. The van der Waals surface area contributed by atoms with Crippen molar-refractivity contribution in [3.8, 4) is 0 Å². The standard InChI is InChI=1S/C18H18N2O5S/c1-2-26(24,25)20-12-14-3-7-15(8-4-14)17(21)19-11-13-5-9-16(10-6-13)18(22)23/h2-10,20H,1,11-12H2,(H,19,21)(H,22,23). The molecule has 136 valence electrons. The molecule has 2 aromatic rings. The maximum absolute atomic E-state index is 12.1. The Morgan fingerprint density at radius 2 is 1.42 bits per heavy atom. The molecule has 0 bridgehead atoms. The van der Waals surface area contributed by atoms with Gasteiger partial charge in [0.25, 0.3) is 5.91 Å². The first kappa shape index (κ1) is 19.4. The number of carboxylic acid groups (broad SMARTS) is 1. The summed E-state index contributed by atoms with van der Waals surface area (Å²) in [7, 11) is -3.49. The summed E-state index contributed by atoms with van der Waals surface area (Å²) in [6.07, 6.45) is 0. The lowest BCUT2D eigenvalue weighted by Crippen LogP contribution is -2.23. The molecule has 0 saturated carbocycles. The number of rotatable bonds is 8. The van der Waals surface area contributed by atoms with Crippen LogP contribution in [0.2, 0.25) is 0 Å². The van der Waals surface area contributed by atoms with E-state index >= 15 is 0 Å². The van der Waals surface area contributed by atoms with Gasteiger partial charge in [0.1, 0.15) is 0 Å². The van der Waals surface area contributed by atoms with Crippen LogP contribution in [-0.4, -0.2) is 25.4 Å². The van der Waals surface area contributed by atoms with Crippen molar-refractivity contribution >= 4 is 21.9 Å². The van der Waals surface area contributed by atoms with Crippen molar-refractivity contribution in [1.82, 2.24) is 10.0 Å². The molecule has 0 fully saturated rings. The molecule has 0 aromatic heterocycles. The van der Waals surface area contributed by atoms with Crippen molar-refractivity contribution in [2.75, 3.05) is 0 Å². The first-order valence-corrected chi connectivity index (χ1v) is 9.17. The molecular weight excluding hydrogens is 356 g/mol. The summed E-state index contributed by atoms with van der Waals surface area (Å²) < 4.78 is 24.9. The Hall–Kier alpha value is -2.97. The minimum Gasteiger partial charge on any atom is -0.478 e. The third-order valence-electron chi connectivity index (χ3n) is 3.57. The highest BCUT2D eigenvalue weighted by Crippen LogP contribution is 2.07. The van der Waals surface area contributed by atoms with Crippen LogP contribution >= 0.6 is 0 Å². The molecule has 0 atom stereocenters. The number of hydrogen-bond donors (Lipinski definition) is 3. The minimum atomic E-state index is -3.49. The Balaban J connectivity index is 1.91. The second-order valence-corrected chi connectivity index (χ2v) is 7.13. The molecule has 1 amide bonds. The molecular formula is C18H18N2O5S. The number of carbonyl (C=O) groups excluding carboxylic acids is 1. The third-order valence-corrected chi connectivity index (χ3v) is 4.55. The maximum Gasteiger partial charge on any atom is 0.335 e.